The van der Waals surface area contributed by atoms with E-state index < -0.39 is 0 Å². The second-order valence-electron chi connectivity index (χ2n) is 6.86. The van der Waals surface area contributed by atoms with Crippen molar-refractivity contribution >= 4 is 0 Å². The van der Waals surface area contributed by atoms with Gasteiger partial charge in [-0.3, -0.25) is 0 Å². The van der Waals surface area contributed by atoms with E-state index in [-0.39, 0.29) is 0 Å². The molecule has 1 unspecified atom stereocenters. The Kier molecular flexibility index (Phi) is 5.65. The zero-order valence-corrected chi connectivity index (χ0v) is 13.7. The minimum Gasteiger partial charge on any atom is -0.310 e. The molecule has 0 spiro atoms. The van der Waals surface area contributed by atoms with Crippen molar-refractivity contribution in [1.82, 2.24) is 5.32 Å². The van der Waals surface area contributed by atoms with Gasteiger partial charge in [-0.15, -0.1) is 0 Å². The second-order valence-corrected chi connectivity index (χ2v) is 6.86. The Bertz CT molecular complexity index is 385. The van der Waals surface area contributed by atoms with E-state index in [4.69, 9.17) is 0 Å². The maximum atomic E-state index is 3.73. The molecule has 1 fully saturated rings. The quantitative estimate of drug-likeness (QED) is 0.786. The van der Waals surface area contributed by atoms with Gasteiger partial charge in [0.25, 0.3) is 0 Å². The summed E-state index contributed by atoms with van der Waals surface area (Å²) in [4.78, 5) is 0. The van der Waals surface area contributed by atoms with E-state index in [1.165, 1.54) is 36.8 Å². The molecule has 1 nitrogen and oxygen atoms in total. The third-order valence-corrected chi connectivity index (χ3v) is 5.09. The summed E-state index contributed by atoms with van der Waals surface area (Å²) in [5.74, 6) is 2.62. The Morgan fingerprint density at radius 2 is 1.55 bits per heavy atom. The number of hydrogen-bond donors (Lipinski definition) is 1. The molecule has 0 amide bonds. The number of benzene rings is 1. The van der Waals surface area contributed by atoms with E-state index in [1.54, 1.807) is 0 Å². The summed E-state index contributed by atoms with van der Waals surface area (Å²) in [5.41, 5.74) is 2.83. The first-order chi connectivity index (χ1) is 9.61. The number of nitrogens with one attached hydrogen (secondary N) is 1. The Morgan fingerprint density at radius 1 is 1.00 bits per heavy atom. The van der Waals surface area contributed by atoms with Gasteiger partial charge < -0.3 is 5.32 Å². The Hall–Kier alpha value is -0.820. The van der Waals surface area contributed by atoms with Crippen molar-refractivity contribution < 1.29 is 0 Å². The minimum atomic E-state index is 0.550. The first kappa shape index (κ1) is 15.6. The summed E-state index contributed by atoms with van der Waals surface area (Å²) in [6.45, 7) is 10.2. The minimum absolute atomic E-state index is 0.550. The van der Waals surface area contributed by atoms with Gasteiger partial charge in [0.15, 0.2) is 0 Å². The maximum Gasteiger partial charge on any atom is 0.0348 e. The average Bonchev–Trinajstić information content (AvgIpc) is 2.46. The van der Waals surface area contributed by atoms with Crippen LogP contribution in [0.3, 0.4) is 0 Å². The molecule has 0 radical (unpaired) electrons. The first-order valence-corrected chi connectivity index (χ1v) is 8.41. The Balaban J connectivity index is 2.04. The van der Waals surface area contributed by atoms with Crippen molar-refractivity contribution in [3.63, 3.8) is 0 Å². The van der Waals surface area contributed by atoms with Crippen LogP contribution in [0.1, 0.15) is 63.6 Å². The summed E-state index contributed by atoms with van der Waals surface area (Å²) in [5, 5.41) is 3.73. The fraction of sp³-hybridized carbons (Fsp3) is 0.684. The molecular formula is C19H31N. The lowest BCUT2D eigenvalue weighted by molar-refractivity contribution is 0.190. The molecule has 0 aliphatic heterocycles. The van der Waals surface area contributed by atoms with E-state index in [1.807, 2.05) is 0 Å². The van der Waals surface area contributed by atoms with Crippen molar-refractivity contribution in [1.29, 1.82) is 0 Å². The van der Waals surface area contributed by atoms with Gasteiger partial charge in [0.05, 0.1) is 0 Å². The fourth-order valence-electron chi connectivity index (χ4n) is 3.70. The Morgan fingerprint density at radius 3 is 2.05 bits per heavy atom. The van der Waals surface area contributed by atoms with E-state index in [0.717, 1.165) is 24.3 Å². The van der Waals surface area contributed by atoms with E-state index in [2.05, 4.69) is 57.3 Å². The molecule has 1 aliphatic carbocycles. The molecule has 1 aromatic rings. The van der Waals surface area contributed by atoms with Crippen LogP contribution in [0.15, 0.2) is 24.3 Å². The molecule has 0 aromatic heterocycles. The highest BCUT2D eigenvalue weighted by atomic mass is 14.9. The fourth-order valence-corrected chi connectivity index (χ4v) is 3.70. The van der Waals surface area contributed by atoms with Crippen LogP contribution < -0.4 is 5.32 Å². The van der Waals surface area contributed by atoms with Crippen molar-refractivity contribution in [3.05, 3.63) is 35.4 Å². The molecule has 20 heavy (non-hydrogen) atoms. The third-order valence-electron chi connectivity index (χ3n) is 5.09. The lowest BCUT2D eigenvalue weighted by Crippen LogP contribution is -2.31. The molecule has 2 rings (SSSR count). The lowest BCUT2D eigenvalue weighted by Gasteiger charge is -2.36. The molecule has 0 heterocycles. The summed E-state index contributed by atoms with van der Waals surface area (Å²) >= 11 is 0. The molecule has 1 N–H and O–H groups in total. The van der Waals surface area contributed by atoms with E-state index >= 15 is 0 Å². The van der Waals surface area contributed by atoms with Crippen LogP contribution in [-0.2, 0) is 0 Å². The lowest BCUT2D eigenvalue weighted by atomic mass is 9.73. The summed E-state index contributed by atoms with van der Waals surface area (Å²) < 4.78 is 0. The number of hydrogen-bond acceptors (Lipinski definition) is 1. The molecule has 1 atom stereocenters. The first-order valence-electron chi connectivity index (χ1n) is 8.41. The summed E-state index contributed by atoms with van der Waals surface area (Å²) in [6.07, 6.45) is 5.59. The van der Waals surface area contributed by atoms with Crippen LogP contribution in [0.25, 0.3) is 0 Å². The van der Waals surface area contributed by atoms with E-state index in [0.29, 0.717) is 6.04 Å². The highest BCUT2D eigenvalue weighted by Crippen LogP contribution is 2.39. The third kappa shape index (κ3) is 3.85. The van der Waals surface area contributed by atoms with Crippen LogP contribution in [0, 0.1) is 24.7 Å². The molecule has 0 saturated heterocycles. The van der Waals surface area contributed by atoms with Crippen LogP contribution >= 0.6 is 0 Å². The average molecular weight is 273 g/mol. The van der Waals surface area contributed by atoms with Crippen molar-refractivity contribution in [2.45, 2.75) is 59.4 Å². The molecule has 1 aliphatic rings. The summed E-state index contributed by atoms with van der Waals surface area (Å²) in [7, 11) is 0. The number of rotatable bonds is 5. The highest BCUT2D eigenvalue weighted by Gasteiger charge is 2.29. The molecule has 1 saturated carbocycles. The smallest absolute Gasteiger partial charge is 0.0348 e. The van der Waals surface area contributed by atoms with Crippen molar-refractivity contribution in [2.75, 3.05) is 6.54 Å². The van der Waals surface area contributed by atoms with Crippen molar-refractivity contribution in [2.24, 2.45) is 17.8 Å². The molecule has 0 bridgehead atoms. The van der Waals surface area contributed by atoms with E-state index in [9.17, 15) is 0 Å². The Labute approximate surface area is 125 Å². The monoisotopic (exact) mass is 273 g/mol. The predicted molar refractivity (Wildman–Crippen MR) is 87.9 cm³/mol. The molecule has 112 valence electrons. The van der Waals surface area contributed by atoms with Crippen molar-refractivity contribution in [3.8, 4) is 0 Å². The van der Waals surface area contributed by atoms with Crippen LogP contribution in [-0.4, -0.2) is 6.54 Å². The normalized spacial score (nSPS) is 24.9. The zero-order chi connectivity index (χ0) is 14.5. The summed E-state index contributed by atoms with van der Waals surface area (Å²) in [6, 6.07) is 9.68. The molecule has 1 heteroatoms. The van der Waals surface area contributed by atoms with Gasteiger partial charge in [-0.25, -0.2) is 0 Å². The highest BCUT2D eigenvalue weighted by molar-refractivity contribution is 5.24. The molecule has 1 aromatic carbocycles. The van der Waals surface area contributed by atoms with Gasteiger partial charge in [-0.1, -0.05) is 50.6 Å². The van der Waals surface area contributed by atoms with Crippen LogP contribution in [0.4, 0.5) is 0 Å². The van der Waals surface area contributed by atoms with Crippen LogP contribution in [0.2, 0.25) is 0 Å². The second kappa shape index (κ2) is 7.26. The van der Waals surface area contributed by atoms with Gasteiger partial charge in [0, 0.05) is 6.04 Å². The SMILES string of the molecule is CCNC(c1ccc(C)cc1)C1CCC(C(C)C)CC1. The largest absolute Gasteiger partial charge is 0.310 e. The predicted octanol–water partition coefficient (Wildman–Crippen LogP) is 5.11. The molecular weight excluding hydrogens is 242 g/mol. The van der Waals surface area contributed by atoms with Gasteiger partial charge >= 0.3 is 0 Å². The standard InChI is InChI=1S/C19H31N/c1-5-20-19(17-8-6-15(4)7-9-17)18-12-10-16(11-13-18)14(2)3/h6-9,14,16,18-20H,5,10-13H2,1-4H3. The van der Waals surface area contributed by atoms with Gasteiger partial charge in [-0.2, -0.15) is 0 Å². The number of aryl methyl sites for hydroxylation is 1. The zero-order valence-electron chi connectivity index (χ0n) is 13.7. The van der Waals surface area contributed by atoms with Gasteiger partial charge in [0.2, 0.25) is 0 Å². The van der Waals surface area contributed by atoms with Gasteiger partial charge in [0.1, 0.15) is 0 Å². The topological polar surface area (TPSA) is 12.0 Å². The maximum absolute atomic E-state index is 3.73. The van der Waals surface area contributed by atoms with Gasteiger partial charge in [-0.05, 0) is 62.5 Å². The van der Waals surface area contributed by atoms with Crippen LogP contribution in [0.5, 0.6) is 0 Å².